The van der Waals surface area contributed by atoms with Crippen LogP contribution in [0.4, 0.5) is 0 Å². The van der Waals surface area contributed by atoms with Crippen LogP contribution in [-0.2, 0) is 13.0 Å². The van der Waals surface area contributed by atoms with Gasteiger partial charge in [0.2, 0.25) is 0 Å². The molecule has 0 saturated carbocycles. The average molecular weight is 705 g/mol. The molecular formula is C34H51NOS3Sn. The van der Waals surface area contributed by atoms with Crippen LogP contribution in [0.5, 0.6) is 5.75 Å². The normalized spacial score (nSPS) is 12.3. The van der Waals surface area contributed by atoms with Crippen molar-refractivity contribution in [1.82, 2.24) is 4.57 Å². The van der Waals surface area contributed by atoms with Crippen molar-refractivity contribution in [2.75, 3.05) is 6.61 Å². The molecule has 4 heterocycles. The van der Waals surface area contributed by atoms with Gasteiger partial charge in [0.1, 0.15) is 0 Å². The Labute approximate surface area is 266 Å². The van der Waals surface area contributed by atoms with Crippen molar-refractivity contribution in [3.05, 3.63) is 23.1 Å². The number of thiophene rings is 3. The molecule has 0 N–H and O–H groups in total. The molecule has 0 aliphatic rings. The van der Waals surface area contributed by atoms with E-state index in [2.05, 4.69) is 75.6 Å². The first-order chi connectivity index (χ1) is 19.3. The van der Waals surface area contributed by atoms with Crippen molar-refractivity contribution >= 4 is 78.5 Å². The molecule has 2 radical (unpaired) electrons. The van der Waals surface area contributed by atoms with Gasteiger partial charge in [-0.1, -0.05) is 26.7 Å². The average Bonchev–Trinajstić information content (AvgIpc) is 3.66. The number of rotatable bonds is 18. The molecule has 0 spiro atoms. The molecule has 0 saturated heterocycles. The van der Waals surface area contributed by atoms with Gasteiger partial charge in [-0.05, 0) is 0 Å². The van der Waals surface area contributed by atoms with Gasteiger partial charge in [-0.2, -0.15) is 0 Å². The van der Waals surface area contributed by atoms with Crippen LogP contribution >= 0.6 is 34.0 Å². The second kappa shape index (κ2) is 15.8. The molecule has 0 aromatic carbocycles. The van der Waals surface area contributed by atoms with Crippen LogP contribution < -0.4 is 7.63 Å². The summed E-state index contributed by atoms with van der Waals surface area (Å²) in [6.45, 7) is 16.1. The third kappa shape index (κ3) is 8.76. The standard InChI is InChI=1S/C30H42NOS3.C4H9.Sn/c1-4-7-10-13-16-23-21-24-28(34-23)29-25(31(24)18-14-11-8-5-2)22-27(35-29)30-26(17-20-33-30)32-19-15-12-9-6-3;1-4(2)3;/h17,21-22H,4-16,18-19H2,1-3H3;1-3H3;. The summed E-state index contributed by atoms with van der Waals surface area (Å²) in [4.78, 5) is 4.38. The van der Waals surface area contributed by atoms with Crippen molar-refractivity contribution < 1.29 is 4.74 Å². The molecule has 4 aromatic rings. The maximum atomic E-state index is 6.52. The summed E-state index contributed by atoms with van der Waals surface area (Å²) in [6.07, 6.45) is 16.8. The van der Waals surface area contributed by atoms with Crippen molar-refractivity contribution in [2.24, 2.45) is 0 Å². The van der Waals surface area contributed by atoms with Gasteiger partial charge in [0.25, 0.3) is 0 Å². The molecule has 6 heteroatoms. The Morgan fingerprint density at radius 3 is 2.08 bits per heavy atom. The van der Waals surface area contributed by atoms with E-state index in [0.29, 0.717) is 3.43 Å². The Kier molecular flexibility index (Phi) is 12.8. The van der Waals surface area contributed by atoms with Gasteiger partial charge in [0, 0.05) is 0 Å². The fraction of sp³-hybridized carbons (Fsp3) is 0.647. The quantitative estimate of drug-likeness (QED) is 0.0743. The molecule has 0 bridgehead atoms. The number of unbranched alkanes of at least 4 members (excludes halogenated alkanes) is 9. The second-order valence-electron chi connectivity index (χ2n) is 12.4. The van der Waals surface area contributed by atoms with E-state index < -0.39 is 21.1 Å². The molecular weight excluding hydrogens is 653 g/mol. The van der Waals surface area contributed by atoms with Crippen LogP contribution in [0.25, 0.3) is 30.2 Å². The number of aromatic nitrogens is 1. The summed E-state index contributed by atoms with van der Waals surface area (Å²) < 4.78 is 14.3. The van der Waals surface area contributed by atoms with Gasteiger partial charge in [0.05, 0.1) is 0 Å². The van der Waals surface area contributed by atoms with Crippen molar-refractivity contribution in [3.8, 4) is 15.5 Å². The molecule has 4 rings (SSSR count). The smallest absolute Gasteiger partial charge is 0.0654 e. The topological polar surface area (TPSA) is 14.2 Å². The first-order valence-electron chi connectivity index (χ1n) is 15.9. The van der Waals surface area contributed by atoms with Crippen LogP contribution in [0.2, 0.25) is 3.43 Å². The zero-order chi connectivity index (χ0) is 28.5. The van der Waals surface area contributed by atoms with Crippen LogP contribution in [-0.4, -0.2) is 32.3 Å². The molecule has 0 aliphatic carbocycles. The Morgan fingerprint density at radius 2 is 1.38 bits per heavy atom. The van der Waals surface area contributed by atoms with Crippen LogP contribution in [0.3, 0.4) is 0 Å². The molecule has 0 amide bonds. The summed E-state index contributed by atoms with van der Waals surface area (Å²) in [7, 11) is 0. The second-order valence-corrected chi connectivity index (χ2v) is 23.2. The van der Waals surface area contributed by atoms with E-state index in [1.807, 2.05) is 22.7 Å². The van der Waals surface area contributed by atoms with E-state index in [9.17, 15) is 0 Å². The van der Waals surface area contributed by atoms with Gasteiger partial charge in [-0.15, -0.1) is 0 Å². The van der Waals surface area contributed by atoms with Crippen molar-refractivity contribution in [3.63, 3.8) is 0 Å². The predicted molar refractivity (Wildman–Crippen MR) is 185 cm³/mol. The van der Waals surface area contributed by atoms with Crippen molar-refractivity contribution in [1.29, 1.82) is 0 Å². The third-order valence-corrected chi connectivity index (χ3v) is 15.8. The molecule has 2 nitrogen and oxygen atoms in total. The monoisotopic (exact) mass is 705 g/mol. The Bertz CT molecular complexity index is 1320. The van der Waals surface area contributed by atoms with Crippen molar-refractivity contribution in [2.45, 2.75) is 135 Å². The minimum absolute atomic E-state index is 0.440. The third-order valence-electron chi connectivity index (χ3n) is 7.45. The summed E-state index contributed by atoms with van der Waals surface area (Å²) in [5.41, 5.74) is 2.94. The molecule has 4 aromatic heterocycles. The van der Waals surface area contributed by atoms with Gasteiger partial charge in [-0.25, -0.2) is 0 Å². The number of ether oxygens (including phenoxy) is 1. The minimum Gasteiger partial charge on any atom is -0.0654 e. The summed E-state index contributed by atoms with van der Waals surface area (Å²) in [5.74, 6) is 1.15. The van der Waals surface area contributed by atoms with E-state index in [1.54, 1.807) is 7.77 Å². The first kappa shape index (κ1) is 32.4. The van der Waals surface area contributed by atoms with Gasteiger partial charge >= 0.3 is 241 Å². The molecule has 40 heavy (non-hydrogen) atoms. The van der Waals surface area contributed by atoms with Gasteiger partial charge in [0.15, 0.2) is 0 Å². The van der Waals surface area contributed by atoms with E-state index in [0.717, 1.165) is 25.3 Å². The van der Waals surface area contributed by atoms with E-state index >= 15 is 0 Å². The van der Waals surface area contributed by atoms with E-state index in [-0.39, 0.29) is 0 Å². The molecule has 220 valence electrons. The first-order valence-corrected chi connectivity index (χ1v) is 21.2. The fourth-order valence-electron chi connectivity index (χ4n) is 5.36. The summed E-state index contributed by atoms with van der Waals surface area (Å²) >= 11 is 5.44. The molecule has 0 aliphatic heterocycles. The van der Waals surface area contributed by atoms with Crippen LogP contribution in [0.1, 0.15) is 123 Å². The summed E-state index contributed by atoms with van der Waals surface area (Å²) in [5, 5.41) is 0. The van der Waals surface area contributed by atoms with Crippen LogP contribution in [0.15, 0.2) is 18.2 Å². The molecule has 0 unspecified atom stereocenters. The van der Waals surface area contributed by atoms with Gasteiger partial charge in [-0.3, -0.25) is 0 Å². The molecule has 0 fully saturated rings. The Hall–Kier alpha value is -0.501. The fourth-order valence-corrected chi connectivity index (χ4v) is 14.9. The summed E-state index contributed by atoms with van der Waals surface area (Å²) in [6, 6.07) is 7.47. The Morgan fingerprint density at radius 1 is 0.725 bits per heavy atom. The predicted octanol–water partition coefficient (Wildman–Crippen LogP) is 11.9. The Balaban J connectivity index is 1.67. The van der Waals surface area contributed by atoms with E-state index in [1.165, 1.54) is 107 Å². The maximum absolute atomic E-state index is 6.52. The zero-order valence-electron chi connectivity index (χ0n) is 25.9. The van der Waals surface area contributed by atoms with Crippen LogP contribution in [0, 0.1) is 0 Å². The zero-order valence-corrected chi connectivity index (χ0v) is 31.2. The minimum atomic E-state index is -0.683. The number of fused-ring (bicyclic) bond motifs is 3. The van der Waals surface area contributed by atoms with E-state index in [4.69, 9.17) is 4.74 Å². The number of hydrogen-bond acceptors (Lipinski definition) is 4. The van der Waals surface area contributed by atoms with Gasteiger partial charge < -0.3 is 0 Å². The SMILES string of the molecule is CCCCCCOc1c[c]([Sn][C](C)(C)C)sc1-c1cc2c(s1)c1sc(CCCCCC)cc1n2CCCCCC. The number of aryl methyl sites for hydroxylation is 2. The molecule has 0 atom stereocenters. The number of hydrogen-bond donors (Lipinski definition) is 0. The number of nitrogens with zero attached hydrogens (tertiary/aromatic N) is 1.